The van der Waals surface area contributed by atoms with Crippen molar-refractivity contribution in [1.29, 1.82) is 0 Å². The molecule has 0 aromatic heterocycles. The van der Waals surface area contributed by atoms with Gasteiger partial charge in [0.2, 0.25) is 5.91 Å². The van der Waals surface area contributed by atoms with Crippen molar-refractivity contribution < 1.29 is 24.2 Å². The number of ether oxygens (including phenoxy) is 1. The molecule has 2 aromatic rings. The molecule has 2 aliphatic carbocycles. The van der Waals surface area contributed by atoms with E-state index >= 15 is 0 Å². The molecule has 1 atom stereocenters. The molecule has 1 fully saturated rings. The van der Waals surface area contributed by atoms with Crippen molar-refractivity contribution in [3.8, 4) is 11.1 Å². The highest BCUT2D eigenvalue weighted by atomic mass is 16.5. The number of carboxylic acid groups (broad SMARTS) is 1. The SMILES string of the molecule is CCCC(CC(=O)NC1(C(=O)O)CCCC1)NC(=O)OCC1c2ccccc2-c2ccccc21. The minimum absolute atomic E-state index is 0.0209. The van der Waals surface area contributed by atoms with Gasteiger partial charge in [-0.3, -0.25) is 4.79 Å². The zero-order chi connectivity index (χ0) is 24.1. The van der Waals surface area contributed by atoms with E-state index in [0.29, 0.717) is 19.3 Å². The molecule has 0 bridgehead atoms. The van der Waals surface area contributed by atoms with Crippen LogP contribution in [0.2, 0.25) is 0 Å². The van der Waals surface area contributed by atoms with Gasteiger partial charge >= 0.3 is 12.1 Å². The fourth-order valence-corrected chi connectivity index (χ4v) is 5.29. The summed E-state index contributed by atoms with van der Waals surface area (Å²) >= 11 is 0. The Morgan fingerprint density at radius 1 is 1.03 bits per heavy atom. The number of benzene rings is 2. The Balaban J connectivity index is 1.35. The molecule has 1 unspecified atom stereocenters. The van der Waals surface area contributed by atoms with Gasteiger partial charge in [0, 0.05) is 18.4 Å². The van der Waals surface area contributed by atoms with Crippen LogP contribution in [0.1, 0.15) is 68.9 Å². The van der Waals surface area contributed by atoms with E-state index in [4.69, 9.17) is 4.74 Å². The second-order valence-electron chi connectivity index (χ2n) is 9.30. The van der Waals surface area contributed by atoms with Crippen LogP contribution in [0, 0.1) is 0 Å². The second kappa shape index (κ2) is 10.3. The summed E-state index contributed by atoms with van der Waals surface area (Å²) in [5, 5.41) is 15.1. The number of nitrogens with one attached hydrogen (secondary N) is 2. The summed E-state index contributed by atoms with van der Waals surface area (Å²) in [6, 6.07) is 15.9. The Kier molecular flexibility index (Phi) is 7.20. The third kappa shape index (κ3) is 4.93. The van der Waals surface area contributed by atoms with Crippen LogP contribution in [0.4, 0.5) is 4.79 Å². The molecule has 7 heteroatoms. The van der Waals surface area contributed by atoms with Crippen LogP contribution in [-0.4, -0.2) is 41.3 Å². The quantitative estimate of drug-likeness (QED) is 0.503. The first kappa shape index (κ1) is 23.8. The molecule has 34 heavy (non-hydrogen) atoms. The van der Waals surface area contributed by atoms with E-state index in [-0.39, 0.29) is 24.9 Å². The molecule has 2 amide bonds. The molecule has 3 N–H and O–H groups in total. The Bertz CT molecular complexity index is 1010. The molecule has 7 nitrogen and oxygen atoms in total. The van der Waals surface area contributed by atoms with Crippen molar-refractivity contribution in [3.63, 3.8) is 0 Å². The summed E-state index contributed by atoms with van der Waals surface area (Å²) in [6.07, 6.45) is 3.25. The van der Waals surface area contributed by atoms with Gasteiger partial charge in [-0.05, 0) is 41.5 Å². The maximum atomic E-state index is 12.7. The van der Waals surface area contributed by atoms with Crippen molar-refractivity contribution >= 4 is 18.0 Å². The monoisotopic (exact) mass is 464 g/mol. The third-order valence-corrected chi connectivity index (χ3v) is 6.98. The lowest BCUT2D eigenvalue weighted by Crippen LogP contribution is -2.53. The predicted octanol–water partition coefficient (Wildman–Crippen LogP) is 4.60. The van der Waals surface area contributed by atoms with E-state index in [2.05, 4.69) is 34.9 Å². The average Bonchev–Trinajstić information content (AvgIpc) is 3.41. The van der Waals surface area contributed by atoms with E-state index in [1.165, 1.54) is 0 Å². The number of fused-ring (bicyclic) bond motifs is 3. The standard InChI is InChI=1S/C27H32N2O5/c1-2-9-18(16-24(30)29-27(25(31)32)14-7-8-15-27)28-26(33)34-17-23-21-12-5-3-10-19(21)20-11-4-6-13-22(20)23/h3-6,10-13,18,23H,2,7-9,14-17H2,1H3,(H,28,33)(H,29,30)(H,31,32). The highest BCUT2D eigenvalue weighted by molar-refractivity contribution is 5.87. The van der Waals surface area contributed by atoms with Gasteiger partial charge in [0.05, 0.1) is 0 Å². The second-order valence-corrected chi connectivity index (χ2v) is 9.30. The minimum Gasteiger partial charge on any atom is -0.480 e. The van der Waals surface area contributed by atoms with Crippen LogP contribution in [0.5, 0.6) is 0 Å². The van der Waals surface area contributed by atoms with Gasteiger partial charge in [0.1, 0.15) is 12.1 Å². The summed E-state index contributed by atoms with van der Waals surface area (Å²) in [5.74, 6) is -1.39. The maximum Gasteiger partial charge on any atom is 0.407 e. The molecule has 0 radical (unpaired) electrons. The van der Waals surface area contributed by atoms with Gasteiger partial charge in [0.15, 0.2) is 0 Å². The number of hydrogen-bond acceptors (Lipinski definition) is 4. The van der Waals surface area contributed by atoms with Crippen LogP contribution in [-0.2, 0) is 14.3 Å². The van der Waals surface area contributed by atoms with Crippen molar-refractivity contribution in [2.24, 2.45) is 0 Å². The number of carbonyl (C=O) groups is 3. The zero-order valence-corrected chi connectivity index (χ0v) is 19.5. The van der Waals surface area contributed by atoms with Crippen LogP contribution in [0.15, 0.2) is 48.5 Å². The Hall–Kier alpha value is -3.35. The molecular weight excluding hydrogens is 432 g/mol. The molecule has 0 heterocycles. The van der Waals surface area contributed by atoms with Gasteiger partial charge in [-0.2, -0.15) is 0 Å². The van der Waals surface area contributed by atoms with E-state index in [1.54, 1.807) is 0 Å². The normalized spacial score (nSPS) is 16.9. The molecule has 180 valence electrons. The lowest BCUT2D eigenvalue weighted by molar-refractivity contribution is -0.147. The van der Waals surface area contributed by atoms with Crippen LogP contribution in [0.25, 0.3) is 11.1 Å². The number of rotatable bonds is 9. The summed E-state index contributed by atoms with van der Waals surface area (Å²) in [6.45, 7) is 2.17. The van der Waals surface area contributed by atoms with Crippen molar-refractivity contribution in [3.05, 3.63) is 59.7 Å². The molecule has 0 aliphatic heterocycles. The Labute approximate surface area is 199 Å². The Morgan fingerprint density at radius 2 is 1.62 bits per heavy atom. The first-order valence-corrected chi connectivity index (χ1v) is 12.1. The van der Waals surface area contributed by atoms with Gasteiger partial charge in [-0.15, -0.1) is 0 Å². The van der Waals surface area contributed by atoms with Crippen molar-refractivity contribution in [2.45, 2.75) is 69.4 Å². The third-order valence-electron chi connectivity index (χ3n) is 6.98. The van der Waals surface area contributed by atoms with E-state index < -0.39 is 23.6 Å². The number of amides is 2. The summed E-state index contributed by atoms with van der Waals surface area (Å²) in [4.78, 5) is 37.0. The first-order valence-electron chi connectivity index (χ1n) is 12.1. The minimum atomic E-state index is -1.18. The zero-order valence-electron chi connectivity index (χ0n) is 19.5. The summed E-state index contributed by atoms with van der Waals surface area (Å²) in [7, 11) is 0. The summed E-state index contributed by atoms with van der Waals surface area (Å²) < 4.78 is 5.61. The lowest BCUT2D eigenvalue weighted by atomic mass is 9.97. The number of hydrogen-bond donors (Lipinski definition) is 3. The van der Waals surface area contributed by atoms with E-state index in [0.717, 1.165) is 41.5 Å². The molecule has 0 spiro atoms. The summed E-state index contributed by atoms with van der Waals surface area (Å²) in [5.41, 5.74) is 3.41. The van der Waals surface area contributed by atoms with Crippen LogP contribution >= 0.6 is 0 Å². The molecule has 1 saturated carbocycles. The van der Waals surface area contributed by atoms with Crippen molar-refractivity contribution in [1.82, 2.24) is 10.6 Å². The molecule has 4 rings (SSSR count). The number of alkyl carbamates (subject to hydrolysis) is 1. The highest BCUT2D eigenvalue weighted by Crippen LogP contribution is 2.44. The van der Waals surface area contributed by atoms with Crippen molar-refractivity contribution in [2.75, 3.05) is 6.61 Å². The molecule has 2 aromatic carbocycles. The largest absolute Gasteiger partial charge is 0.480 e. The number of carbonyl (C=O) groups excluding carboxylic acids is 2. The van der Waals surface area contributed by atoms with Gasteiger partial charge in [0.25, 0.3) is 0 Å². The smallest absolute Gasteiger partial charge is 0.407 e. The van der Waals surface area contributed by atoms with Crippen LogP contribution < -0.4 is 10.6 Å². The highest BCUT2D eigenvalue weighted by Gasteiger charge is 2.42. The molecule has 0 saturated heterocycles. The fourth-order valence-electron chi connectivity index (χ4n) is 5.29. The maximum absolute atomic E-state index is 12.7. The lowest BCUT2D eigenvalue weighted by Gasteiger charge is -2.27. The topological polar surface area (TPSA) is 105 Å². The number of aliphatic carboxylic acids is 1. The fraction of sp³-hybridized carbons (Fsp3) is 0.444. The van der Waals surface area contributed by atoms with Gasteiger partial charge in [-0.1, -0.05) is 74.7 Å². The molecule has 2 aliphatic rings. The Morgan fingerprint density at radius 3 is 2.18 bits per heavy atom. The average molecular weight is 465 g/mol. The van der Waals surface area contributed by atoms with Gasteiger partial charge < -0.3 is 20.5 Å². The molecular formula is C27H32N2O5. The van der Waals surface area contributed by atoms with Crippen LogP contribution in [0.3, 0.4) is 0 Å². The first-order chi connectivity index (χ1) is 16.4. The number of carboxylic acids is 1. The predicted molar refractivity (Wildman–Crippen MR) is 128 cm³/mol. The van der Waals surface area contributed by atoms with E-state index in [1.807, 2.05) is 31.2 Å². The van der Waals surface area contributed by atoms with Gasteiger partial charge in [-0.25, -0.2) is 9.59 Å². The van der Waals surface area contributed by atoms with E-state index in [9.17, 15) is 19.5 Å².